The lowest BCUT2D eigenvalue weighted by Crippen LogP contribution is -2.43. The van der Waals surface area contributed by atoms with Gasteiger partial charge < -0.3 is 19.7 Å². The average molecular weight is 340 g/mol. The molecule has 0 aromatic heterocycles. The Bertz CT molecular complexity index is 732. The van der Waals surface area contributed by atoms with Crippen LogP contribution in [-0.2, 0) is 17.9 Å². The molecule has 1 amide bonds. The van der Waals surface area contributed by atoms with Crippen LogP contribution in [0.2, 0.25) is 0 Å². The summed E-state index contributed by atoms with van der Waals surface area (Å²) in [7, 11) is 2.09. The highest BCUT2D eigenvalue weighted by molar-refractivity contribution is 5.81. The van der Waals surface area contributed by atoms with Gasteiger partial charge in [0.1, 0.15) is 6.61 Å². The second kappa shape index (κ2) is 8.03. The number of carbonyl (C=O) groups excluding carboxylic acids is 1. The summed E-state index contributed by atoms with van der Waals surface area (Å²) in [5, 5.41) is 2.94. The molecule has 0 bridgehead atoms. The van der Waals surface area contributed by atoms with Crippen molar-refractivity contribution in [1.29, 1.82) is 0 Å². The van der Waals surface area contributed by atoms with Crippen LogP contribution < -0.4 is 14.8 Å². The Hall–Kier alpha value is -2.53. The average Bonchev–Trinajstić information content (AvgIpc) is 2.66. The zero-order valence-corrected chi connectivity index (χ0v) is 14.7. The van der Waals surface area contributed by atoms with Gasteiger partial charge in [-0.25, -0.2) is 0 Å². The Morgan fingerprint density at radius 1 is 1.16 bits per heavy atom. The Morgan fingerprint density at radius 2 is 1.92 bits per heavy atom. The summed E-state index contributed by atoms with van der Waals surface area (Å²) in [5.41, 5.74) is 2.31. The number of rotatable bonds is 6. The Labute approximate surface area is 148 Å². The minimum absolute atomic E-state index is 0.161. The van der Waals surface area contributed by atoms with Gasteiger partial charge in [-0.05, 0) is 36.9 Å². The van der Waals surface area contributed by atoms with Crippen LogP contribution in [0.3, 0.4) is 0 Å². The summed E-state index contributed by atoms with van der Waals surface area (Å²) in [4.78, 5) is 14.6. The first kappa shape index (κ1) is 17.3. The molecule has 1 atom stereocenters. The smallest absolute Gasteiger partial charge is 0.264 e. The molecule has 25 heavy (non-hydrogen) atoms. The Morgan fingerprint density at radius 3 is 2.72 bits per heavy atom. The number of fused-ring (bicyclic) bond motifs is 1. The molecule has 0 aliphatic carbocycles. The third-order valence-corrected chi connectivity index (χ3v) is 4.25. The number of nitrogens with one attached hydrogen (secondary N) is 1. The van der Waals surface area contributed by atoms with Gasteiger partial charge in [0, 0.05) is 13.1 Å². The number of amides is 1. The third kappa shape index (κ3) is 4.51. The van der Waals surface area contributed by atoms with E-state index in [-0.39, 0.29) is 12.5 Å². The van der Waals surface area contributed by atoms with Crippen LogP contribution in [0.25, 0.3) is 0 Å². The van der Waals surface area contributed by atoms with Crippen molar-refractivity contribution in [2.75, 3.05) is 20.2 Å². The highest BCUT2D eigenvalue weighted by Crippen LogP contribution is 2.30. The van der Waals surface area contributed by atoms with Crippen molar-refractivity contribution in [3.8, 4) is 11.5 Å². The molecule has 3 rings (SSSR count). The lowest BCUT2D eigenvalue weighted by atomic mass is 10.1. The van der Waals surface area contributed by atoms with Crippen molar-refractivity contribution < 1.29 is 14.3 Å². The minimum atomic E-state index is -0.621. The van der Waals surface area contributed by atoms with E-state index in [4.69, 9.17) is 9.47 Å². The standard InChI is InChI=1S/C20H24N2O3/c1-3-22(2)13-16-8-6-7-15(11-16)12-21-20(23)19-14-24-17-9-4-5-10-18(17)25-19/h4-11,19H,3,12-14H2,1-2H3,(H,21,23)/t19-/m1/s1. The van der Waals surface area contributed by atoms with Crippen LogP contribution in [0, 0.1) is 0 Å². The second-order valence-electron chi connectivity index (χ2n) is 6.23. The highest BCUT2D eigenvalue weighted by atomic mass is 16.6. The van der Waals surface area contributed by atoms with Crippen molar-refractivity contribution >= 4 is 5.91 Å². The molecule has 1 N–H and O–H groups in total. The second-order valence-corrected chi connectivity index (χ2v) is 6.23. The fourth-order valence-electron chi connectivity index (χ4n) is 2.71. The number of para-hydroxylation sites is 2. The molecular weight excluding hydrogens is 316 g/mol. The van der Waals surface area contributed by atoms with Gasteiger partial charge in [0.05, 0.1) is 0 Å². The van der Waals surface area contributed by atoms with Gasteiger partial charge >= 0.3 is 0 Å². The fourth-order valence-corrected chi connectivity index (χ4v) is 2.71. The largest absolute Gasteiger partial charge is 0.485 e. The lowest BCUT2D eigenvalue weighted by Gasteiger charge is -2.25. The molecule has 0 unspecified atom stereocenters. The first-order valence-electron chi connectivity index (χ1n) is 8.58. The van der Waals surface area contributed by atoms with E-state index in [1.807, 2.05) is 36.4 Å². The van der Waals surface area contributed by atoms with Crippen molar-refractivity contribution in [3.63, 3.8) is 0 Å². The van der Waals surface area contributed by atoms with E-state index in [1.54, 1.807) is 0 Å². The maximum Gasteiger partial charge on any atom is 0.264 e. The molecule has 0 fully saturated rings. The van der Waals surface area contributed by atoms with Crippen LogP contribution in [0.15, 0.2) is 48.5 Å². The molecule has 1 aliphatic rings. The number of hydrogen-bond acceptors (Lipinski definition) is 4. The number of nitrogens with zero attached hydrogens (tertiary/aromatic N) is 1. The number of benzene rings is 2. The lowest BCUT2D eigenvalue weighted by molar-refractivity contribution is -0.130. The van der Waals surface area contributed by atoms with Gasteiger partial charge in [0.25, 0.3) is 5.91 Å². The molecule has 1 aliphatic heterocycles. The first-order valence-corrected chi connectivity index (χ1v) is 8.58. The maximum absolute atomic E-state index is 12.4. The molecule has 0 spiro atoms. The van der Waals surface area contributed by atoms with Crippen LogP contribution in [-0.4, -0.2) is 37.1 Å². The monoisotopic (exact) mass is 340 g/mol. The third-order valence-electron chi connectivity index (χ3n) is 4.25. The van der Waals surface area contributed by atoms with E-state index in [1.165, 1.54) is 5.56 Å². The summed E-state index contributed by atoms with van der Waals surface area (Å²) in [6.07, 6.45) is -0.621. The molecule has 0 saturated carbocycles. The van der Waals surface area contributed by atoms with Gasteiger partial charge in [0.2, 0.25) is 6.10 Å². The number of carbonyl (C=O) groups is 1. The summed E-state index contributed by atoms with van der Waals surface area (Å²) < 4.78 is 11.3. The van der Waals surface area contributed by atoms with E-state index in [0.717, 1.165) is 18.7 Å². The topological polar surface area (TPSA) is 50.8 Å². The Kier molecular flexibility index (Phi) is 5.56. The van der Waals surface area contributed by atoms with E-state index >= 15 is 0 Å². The molecule has 0 radical (unpaired) electrons. The van der Waals surface area contributed by atoms with Crippen molar-refractivity contribution in [1.82, 2.24) is 10.2 Å². The Balaban J connectivity index is 1.55. The molecular formula is C20H24N2O3. The van der Waals surface area contributed by atoms with E-state index < -0.39 is 6.10 Å². The first-order chi connectivity index (χ1) is 12.2. The van der Waals surface area contributed by atoms with Gasteiger partial charge in [-0.3, -0.25) is 4.79 Å². The van der Waals surface area contributed by atoms with Crippen molar-refractivity contribution in [2.45, 2.75) is 26.1 Å². The molecule has 5 heteroatoms. The fraction of sp³-hybridized carbons (Fsp3) is 0.350. The van der Waals surface area contributed by atoms with Crippen molar-refractivity contribution in [3.05, 3.63) is 59.7 Å². The van der Waals surface area contributed by atoms with Gasteiger partial charge in [-0.1, -0.05) is 43.3 Å². The zero-order chi connectivity index (χ0) is 17.6. The predicted molar refractivity (Wildman–Crippen MR) is 96.6 cm³/mol. The molecule has 2 aromatic carbocycles. The van der Waals surface area contributed by atoms with Gasteiger partial charge in [-0.2, -0.15) is 0 Å². The van der Waals surface area contributed by atoms with E-state index in [0.29, 0.717) is 18.0 Å². The van der Waals surface area contributed by atoms with Crippen LogP contribution >= 0.6 is 0 Å². The molecule has 132 valence electrons. The maximum atomic E-state index is 12.4. The van der Waals surface area contributed by atoms with Crippen molar-refractivity contribution in [2.24, 2.45) is 0 Å². The molecule has 0 saturated heterocycles. The zero-order valence-electron chi connectivity index (χ0n) is 14.7. The summed E-state index contributed by atoms with van der Waals surface area (Å²) in [6, 6.07) is 15.7. The molecule has 5 nitrogen and oxygen atoms in total. The minimum Gasteiger partial charge on any atom is -0.485 e. The quantitative estimate of drug-likeness (QED) is 0.878. The van der Waals surface area contributed by atoms with Gasteiger partial charge in [-0.15, -0.1) is 0 Å². The normalized spacial score (nSPS) is 15.9. The highest BCUT2D eigenvalue weighted by Gasteiger charge is 2.26. The predicted octanol–water partition coefficient (Wildman–Crippen LogP) is 2.59. The van der Waals surface area contributed by atoms with E-state index in [2.05, 4.69) is 36.3 Å². The summed E-state index contributed by atoms with van der Waals surface area (Å²) >= 11 is 0. The van der Waals surface area contributed by atoms with E-state index in [9.17, 15) is 4.79 Å². The molecule has 2 aromatic rings. The van der Waals surface area contributed by atoms with Crippen LogP contribution in [0.4, 0.5) is 0 Å². The summed E-state index contributed by atoms with van der Waals surface area (Å²) in [6.45, 7) is 4.73. The SMILES string of the molecule is CCN(C)Cc1cccc(CNC(=O)[C@H]2COc3ccccc3O2)c1. The van der Waals surface area contributed by atoms with Crippen LogP contribution in [0.5, 0.6) is 11.5 Å². The summed E-state index contributed by atoms with van der Waals surface area (Å²) in [5.74, 6) is 1.13. The van der Waals surface area contributed by atoms with Crippen LogP contribution in [0.1, 0.15) is 18.1 Å². The number of ether oxygens (including phenoxy) is 2. The van der Waals surface area contributed by atoms with Gasteiger partial charge in [0.15, 0.2) is 11.5 Å². The molecule has 1 heterocycles. The number of hydrogen-bond donors (Lipinski definition) is 1.